The van der Waals surface area contributed by atoms with Gasteiger partial charge in [0, 0.05) is 19.6 Å². The Morgan fingerprint density at radius 1 is 1.65 bits per heavy atom. The van der Waals surface area contributed by atoms with E-state index in [-0.39, 0.29) is 18.6 Å². The molecular formula is C15H19NO3S. The maximum absolute atomic E-state index is 12.1. The van der Waals surface area contributed by atoms with Crippen LogP contribution in [0.5, 0.6) is 0 Å². The van der Waals surface area contributed by atoms with Gasteiger partial charge in [-0.15, -0.1) is 11.3 Å². The molecule has 0 spiro atoms. The quantitative estimate of drug-likeness (QED) is 0.831. The molecule has 20 heavy (non-hydrogen) atoms. The minimum absolute atomic E-state index is 0.0617. The number of aliphatic hydroxyl groups is 1. The molecule has 2 heterocycles. The topological polar surface area (TPSA) is 58.6 Å². The van der Waals surface area contributed by atoms with E-state index in [4.69, 9.17) is 9.84 Å². The first-order valence-electron chi connectivity index (χ1n) is 6.80. The second kappa shape index (κ2) is 7.44. The number of hydrogen-bond acceptors (Lipinski definition) is 4. The number of aliphatic hydroxyl groups excluding tert-OH is 1. The number of rotatable bonds is 4. The summed E-state index contributed by atoms with van der Waals surface area (Å²) >= 11 is 1.39. The monoisotopic (exact) mass is 293 g/mol. The van der Waals surface area contributed by atoms with E-state index >= 15 is 0 Å². The minimum atomic E-state index is -0.0659. The largest absolute Gasteiger partial charge is 0.395 e. The fourth-order valence-corrected chi connectivity index (χ4v) is 2.98. The van der Waals surface area contributed by atoms with Crippen LogP contribution in [0.3, 0.4) is 0 Å². The molecule has 1 amide bonds. The highest BCUT2D eigenvalue weighted by Crippen LogP contribution is 2.21. The first-order valence-corrected chi connectivity index (χ1v) is 7.62. The van der Waals surface area contributed by atoms with E-state index in [1.54, 1.807) is 0 Å². The predicted molar refractivity (Wildman–Crippen MR) is 78.9 cm³/mol. The van der Waals surface area contributed by atoms with Gasteiger partial charge < -0.3 is 15.2 Å². The molecule has 1 atom stereocenters. The highest BCUT2D eigenvalue weighted by Gasteiger charge is 2.17. The zero-order valence-electron chi connectivity index (χ0n) is 11.6. The van der Waals surface area contributed by atoms with Gasteiger partial charge in [-0.05, 0) is 31.4 Å². The van der Waals surface area contributed by atoms with Crippen molar-refractivity contribution in [3.63, 3.8) is 0 Å². The lowest BCUT2D eigenvalue weighted by molar-refractivity contribution is 0.0861. The third-order valence-electron chi connectivity index (χ3n) is 3.09. The summed E-state index contributed by atoms with van der Waals surface area (Å²) in [5.74, 6) is 5.80. The number of hydrogen-bond donors (Lipinski definition) is 2. The molecule has 1 aliphatic heterocycles. The molecule has 1 saturated heterocycles. The molecule has 2 N–H and O–H groups in total. The second-order valence-corrected chi connectivity index (χ2v) is 5.80. The zero-order chi connectivity index (χ0) is 14.4. The Hall–Kier alpha value is -1.35. The molecule has 0 bridgehead atoms. The summed E-state index contributed by atoms with van der Waals surface area (Å²) in [6, 6.07) is 1.86. The molecular weight excluding hydrogens is 274 g/mol. The zero-order valence-corrected chi connectivity index (χ0v) is 12.4. The van der Waals surface area contributed by atoms with E-state index in [1.807, 2.05) is 13.0 Å². The Morgan fingerprint density at radius 3 is 3.20 bits per heavy atom. The lowest BCUT2D eigenvalue weighted by Gasteiger charge is -2.09. The summed E-state index contributed by atoms with van der Waals surface area (Å²) in [5, 5.41) is 11.6. The molecule has 5 heteroatoms. The third kappa shape index (κ3) is 4.07. The number of carbonyl (C=O) groups excluding carboxylic acids is 1. The van der Waals surface area contributed by atoms with E-state index in [0.29, 0.717) is 17.8 Å². The van der Waals surface area contributed by atoms with Gasteiger partial charge in [-0.3, -0.25) is 4.79 Å². The van der Waals surface area contributed by atoms with Crippen LogP contribution in [0.2, 0.25) is 0 Å². The average Bonchev–Trinajstić information content (AvgIpc) is 3.07. The summed E-state index contributed by atoms with van der Waals surface area (Å²) in [4.78, 5) is 13.6. The number of aryl methyl sites for hydroxylation is 1. The molecule has 1 aliphatic rings. The second-order valence-electron chi connectivity index (χ2n) is 4.74. The maximum Gasteiger partial charge on any atom is 0.261 e. The molecule has 0 saturated carbocycles. The van der Waals surface area contributed by atoms with Crippen LogP contribution >= 0.6 is 11.3 Å². The van der Waals surface area contributed by atoms with Crippen LogP contribution in [0.25, 0.3) is 0 Å². The number of amides is 1. The number of carbonyl (C=O) groups is 1. The van der Waals surface area contributed by atoms with Crippen molar-refractivity contribution in [2.24, 2.45) is 0 Å². The van der Waals surface area contributed by atoms with Crippen LogP contribution < -0.4 is 5.32 Å². The Morgan fingerprint density at radius 2 is 2.50 bits per heavy atom. The van der Waals surface area contributed by atoms with Crippen molar-refractivity contribution in [2.75, 3.05) is 19.8 Å². The molecule has 1 fully saturated rings. The van der Waals surface area contributed by atoms with E-state index in [1.165, 1.54) is 11.3 Å². The van der Waals surface area contributed by atoms with Gasteiger partial charge in [0.2, 0.25) is 0 Å². The molecule has 1 unspecified atom stereocenters. The van der Waals surface area contributed by atoms with Crippen LogP contribution in [-0.2, 0) is 4.74 Å². The van der Waals surface area contributed by atoms with Gasteiger partial charge in [-0.25, -0.2) is 0 Å². The fraction of sp³-hybridized carbons (Fsp3) is 0.533. The number of nitrogens with one attached hydrogen (secondary N) is 1. The molecule has 1 aromatic rings. The molecule has 1 aromatic heterocycles. The number of thiophene rings is 1. The normalized spacial score (nSPS) is 17.6. The van der Waals surface area contributed by atoms with Gasteiger partial charge in [0.15, 0.2) is 0 Å². The van der Waals surface area contributed by atoms with Gasteiger partial charge in [-0.1, -0.05) is 11.8 Å². The van der Waals surface area contributed by atoms with Crippen molar-refractivity contribution in [1.82, 2.24) is 5.32 Å². The van der Waals surface area contributed by atoms with Gasteiger partial charge in [0.05, 0.1) is 22.5 Å². The van der Waals surface area contributed by atoms with Crippen molar-refractivity contribution in [3.05, 3.63) is 21.4 Å². The van der Waals surface area contributed by atoms with Crippen LogP contribution in [0.4, 0.5) is 0 Å². The summed E-state index contributed by atoms with van der Waals surface area (Å²) < 4.78 is 5.48. The first-order chi connectivity index (χ1) is 9.70. The van der Waals surface area contributed by atoms with Crippen molar-refractivity contribution in [2.45, 2.75) is 32.3 Å². The smallest absolute Gasteiger partial charge is 0.261 e. The van der Waals surface area contributed by atoms with Crippen LogP contribution in [0.1, 0.15) is 39.4 Å². The van der Waals surface area contributed by atoms with E-state index in [9.17, 15) is 4.79 Å². The lowest BCUT2D eigenvalue weighted by Crippen LogP contribution is -2.31. The molecule has 0 radical (unpaired) electrons. The van der Waals surface area contributed by atoms with Crippen LogP contribution in [-0.4, -0.2) is 36.9 Å². The van der Waals surface area contributed by atoms with Crippen molar-refractivity contribution >= 4 is 17.2 Å². The summed E-state index contributed by atoms with van der Waals surface area (Å²) in [6.07, 6.45) is 2.70. The van der Waals surface area contributed by atoms with Crippen LogP contribution in [0.15, 0.2) is 6.07 Å². The number of ether oxygens (including phenoxy) is 1. The van der Waals surface area contributed by atoms with Crippen molar-refractivity contribution < 1.29 is 14.6 Å². The summed E-state index contributed by atoms with van der Waals surface area (Å²) in [6.45, 7) is 3.37. The molecule has 0 aromatic carbocycles. The highest BCUT2D eigenvalue weighted by molar-refractivity contribution is 7.14. The molecule has 108 valence electrons. The summed E-state index contributed by atoms with van der Waals surface area (Å²) in [7, 11) is 0. The highest BCUT2D eigenvalue weighted by atomic mass is 32.1. The minimum Gasteiger partial charge on any atom is -0.395 e. The summed E-state index contributed by atoms with van der Waals surface area (Å²) in [5.41, 5.74) is 1.00. The lowest BCUT2D eigenvalue weighted by atomic mass is 10.2. The van der Waals surface area contributed by atoms with E-state index < -0.39 is 0 Å². The standard InChI is InChI=1S/C15H19NO3S/c1-11-9-14(20-13(11)6-2-3-7-17)15(18)16-10-12-5-4-8-19-12/h9,12,17H,3-5,7-8,10H2,1H3,(H,16,18). The Kier molecular flexibility index (Phi) is 5.60. The average molecular weight is 293 g/mol. The molecule has 0 aliphatic carbocycles. The SMILES string of the molecule is Cc1cc(C(=O)NCC2CCCO2)sc1C#CCCO. The Labute approximate surface area is 123 Å². The van der Waals surface area contributed by atoms with E-state index in [2.05, 4.69) is 17.2 Å². The van der Waals surface area contributed by atoms with Crippen molar-refractivity contribution in [1.29, 1.82) is 0 Å². The third-order valence-corrected chi connectivity index (χ3v) is 4.25. The fourth-order valence-electron chi connectivity index (χ4n) is 2.02. The van der Waals surface area contributed by atoms with Gasteiger partial charge in [0.1, 0.15) is 0 Å². The van der Waals surface area contributed by atoms with Crippen molar-refractivity contribution in [3.8, 4) is 11.8 Å². The Balaban J connectivity index is 1.93. The maximum atomic E-state index is 12.1. The van der Waals surface area contributed by atoms with Gasteiger partial charge in [0.25, 0.3) is 5.91 Å². The van der Waals surface area contributed by atoms with Gasteiger partial charge >= 0.3 is 0 Å². The predicted octanol–water partition coefficient (Wildman–Crippen LogP) is 1.70. The van der Waals surface area contributed by atoms with Crippen LogP contribution in [0, 0.1) is 18.8 Å². The molecule has 2 rings (SSSR count). The first kappa shape index (κ1) is 15.0. The van der Waals surface area contributed by atoms with Gasteiger partial charge in [-0.2, -0.15) is 0 Å². The Bertz CT molecular complexity index is 521. The molecule has 4 nitrogen and oxygen atoms in total. The van der Waals surface area contributed by atoms with E-state index in [0.717, 1.165) is 29.9 Å².